The van der Waals surface area contributed by atoms with Crippen molar-refractivity contribution in [2.75, 3.05) is 26.2 Å². The molecule has 51 heavy (non-hydrogen) atoms. The zero-order chi connectivity index (χ0) is 34.8. The molecule has 2 amide bonds. The number of amides is 2. The molecule has 0 fully saturated rings. The molecule has 0 unspecified atom stereocenters. The summed E-state index contributed by atoms with van der Waals surface area (Å²) >= 11 is 3.39. The van der Waals surface area contributed by atoms with E-state index in [4.69, 9.17) is 9.45 Å². The van der Waals surface area contributed by atoms with Crippen molar-refractivity contribution < 1.29 is 107 Å². The molecule has 0 saturated carbocycles. The van der Waals surface area contributed by atoms with Gasteiger partial charge >= 0.3 is 82.4 Å². The number of aliphatic imine (C=N–C) groups is 1. The van der Waals surface area contributed by atoms with Crippen LogP contribution in [0.1, 0.15) is 47.3 Å². The van der Waals surface area contributed by atoms with Gasteiger partial charge < -0.3 is 30.5 Å². The van der Waals surface area contributed by atoms with Gasteiger partial charge in [-0.05, 0) is 71.2 Å². The van der Waals surface area contributed by atoms with Gasteiger partial charge in [0.1, 0.15) is 6.79 Å². The van der Waals surface area contributed by atoms with Gasteiger partial charge in [0.05, 0.1) is 0 Å². The summed E-state index contributed by atoms with van der Waals surface area (Å²) in [6.07, 6.45) is 6.87. The minimum absolute atomic E-state index is 0. The van der Waals surface area contributed by atoms with E-state index in [9.17, 15) is 9.59 Å². The predicted molar refractivity (Wildman–Crippen MR) is 196 cm³/mol. The van der Waals surface area contributed by atoms with Gasteiger partial charge in [0.15, 0.2) is 0 Å². The molecular weight excluding hydrogens is 702 g/mol. The van der Waals surface area contributed by atoms with Gasteiger partial charge in [-0.2, -0.15) is 0 Å². The van der Waals surface area contributed by atoms with Crippen molar-refractivity contribution in [2.45, 2.75) is 45.7 Å². The molecule has 3 aliphatic rings. The van der Waals surface area contributed by atoms with E-state index in [1.54, 1.807) is 6.92 Å². The first-order chi connectivity index (χ1) is 23.6. The number of rotatable bonds is 4. The molecule has 12 heteroatoms. The number of halogens is 1. The van der Waals surface area contributed by atoms with Crippen molar-refractivity contribution in [1.29, 1.82) is 0 Å². The number of nitrogens with one attached hydrogen (secondary N) is 2. The van der Waals surface area contributed by atoms with Gasteiger partial charge in [-0.1, -0.05) is 103 Å². The van der Waals surface area contributed by atoms with Gasteiger partial charge in [-0.15, -0.1) is 0 Å². The van der Waals surface area contributed by atoms with Crippen molar-refractivity contribution >= 4 is 37.2 Å². The predicted octanol–water partition coefficient (Wildman–Crippen LogP) is -1.18. The monoisotopic (exact) mass is 749 g/mol. The maximum absolute atomic E-state index is 11.1. The fourth-order valence-corrected chi connectivity index (χ4v) is 5.34. The number of benzene rings is 4. The second-order valence-electron chi connectivity index (χ2n) is 10.9. The number of hydrogen-bond donors (Lipinski definition) is 2. The summed E-state index contributed by atoms with van der Waals surface area (Å²) in [6, 6.07) is 35.4. The van der Waals surface area contributed by atoms with Crippen LogP contribution < -0.4 is 96.2 Å². The van der Waals surface area contributed by atoms with E-state index in [-0.39, 0.29) is 93.8 Å². The van der Waals surface area contributed by atoms with Gasteiger partial charge in [0.2, 0.25) is 12.3 Å². The van der Waals surface area contributed by atoms with Gasteiger partial charge in [-0.25, -0.2) is 11.9 Å². The van der Waals surface area contributed by atoms with Crippen molar-refractivity contribution in [3.05, 3.63) is 142 Å². The molecule has 262 valence electrons. The fourth-order valence-electron chi connectivity index (χ4n) is 5.34. The van der Waals surface area contributed by atoms with E-state index in [2.05, 4.69) is 94.2 Å². The maximum atomic E-state index is 11.1. The Hall–Kier alpha value is -2.03. The quantitative estimate of drug-likeness (QED) is 0.153. The van der Waals surface area contributed by atoms with Crippen LogP contribution in [0, 0.1) is 0 Å². The number of carbonyl (C=O) groups excluding carboxylic acids is 3. The zero-order valence-electron chi connectivity index (χ0n) is 31.1. The smallest absolute Gasteiger partial charge is 0.870 e. The largest absolute Gasteiger partial charge is 1.00 e. The molecule has 0 bridgehead atoms. The molecule has 4 aromatic carbocycles. The van der Waals surface area contributed by atoms with Crippen LogP contribution >= 0.6 is 11.9 Å². The molecule has 3 N–H and O–H groups in total. The summed E-state index contributed by atoms with van der Waals surface area (Å²) < 4.78 is 7.72. The Morgan fingerprint density at radius 2 is 1.41 bits per heavy atom. The second kappa shape index (κ2) is 32.6. The Kier molecular flexibility index (Phi) is 32.7. The molecule has 7 rings (SSSR count). The fraction of sp³-hybridized carbons (Fsp3) is 0.282. The van der Waals surface area contributed by atoms with Crippen LogP contribution in [0.3, 0.4) is 0 Å². The number of fused-ring (bicyclic) bond motifs is 3. The van der Waals surface area contributed by atoms with Crippen molar-refractivity contribution in [2.24, 2.45) is 4.99 Å². The standard InChI is InChI=1S/C11H13NO.C9H11NO.C9H11N.C9H9N.CH2O.ClO.K.Na.H2O/c1-9(13)12-7-6-10-4-2-3-5-11(10)8-12;11-8-10-7-6-9-4-2-1-3-5-9;2*1-2-4-9-7-10-6-5-8(9)3-1;2*1-2;;;/h2-5H,6-8H2,1H3;1-5,8H,6-7H2,(H,10,11);1-4,10H,5-7H2;1-4,7H,5-6H2;1H2;;;;1H2/q;;;;;-1;2*+1;. The van der Waals surface area contributed by atoms with E-state index in [1.807, 2.05) is 54.3 Å². The molecular formula is C39H48ClKN4NaO5+. The van der Waals surface area contributed by atoms with E-state index in [0.29, 0.717) is 6.54 Å². The third-order valence-corrected chi connectivity index (χ3v) is 7.86. The van der Waals surface area contributed by atoms with Crippen molar-refractivity contribution in [3.8, 4) is 0 Å². The van der Waals surface area contributed by atoms with E-state index >= 15 is 0 Å². The van der Waals surface area contributed by atoms with E-state index in [1.165, 1.54) is 45.4 Å². The number of carbonyl (C=O) groups is 3. The summed E-state index contributed by atoms with van der Waals surface area (Å²) in [5, 5.41) is 5.96. The van der Waals surface area contributed by atoms with Crippen LogP contribution in [0.25, 0.3) is 0 Å². The molecule has 0 aliphatic carbocycles. The van der Waals surface area contributed by atoms with Crippen LogP contribution in [0.15, 0.2) is 108 Å². The van der Waals surface area contributed by atoms with Crippen LogP contribution in [-0.2, 0) is 53.2 Å². The summed E-state index contributed by atoms with van der Waals surface area (Å²) in [5.41, 5.74) is 9.63. The molecule has 0 spiro atoms. The number of nitrogens with zero attached hydrogens (tertiary/aromatic N) is 2. The van der Waals surface area contributed by atoms with E-state index < -0.39 is 0 Å². The Balaban J connectivity index is -0.000000584. The van der Waals surface area contributed by atoms with Gasteiger partial charge in [-0.3, -0.25) is 14.6 Å². The van der Waals surface area contributed by atoms with Crippen LogP contribution in [0.2, 0.25) is 0 Å². The summed E-state index contributed by atoms with van der Waals surface area (Å²) in [5.74, 6) is 0.175. The molecule has 3 heterocycles. The Morgan fingerprint density at radius 1 is 0.863 bits per heavy atom. The van der Waals surface area contributed by atoms with E-state index in [0.717, 1.165) is 58.4 Å². The molecule has 9 nitrogen and oxygen atoms in total. The average molecular weight is 750 g/mol. The molecule has 0 saturated heterocycles. The second-order valence-corrected chi connectivity index (χ2v) is 10.9. The summed E-state index contributed by atoms with van der Waals surface area (Å²) in [7, 11) is 0. The SMILES string of the molecule is C1=NCCc2ccccc21.C=O.CC(=O)N1CCc2ccccc2C1.O=CNCCc1ccccc1.[H+].[K+].[Na+].[O-]Cl.[OH-].c1ccc2c(c1)CCNC2. The van der Waals surface area contributed by atoms with Crippen molar-refractivity contribution in [1.82, 2.24) is 15.5 Å². The Morgan fingerprint density at radius 3 is 2.00 bits per heavy atom. The summed E-state index contributed by atoms with van der Waals surface area (Å²) in [6.45, 7) is 9.14. The van der Waals surface area contributed by atoms with Gasteiger partial charge in [0.25, 0.3) is 0 Å². The molecule has 0 aromatic heterocycles. The topological polar surface area (TPSA) is 144 Å². The summed E-state index contributed by atoms with van der Waals surface area (Å²) in [4.78, 5) is 35.1. The molecule has 0 atom stereocenters. The van der Waals surface area contributed by atoms with Gasteiger partial charge in [0, 0.05) is 45.9 Å². The molecule has 4 aromatic rings. The third-order valence-electron chi connectivity index (χ3n) is 7.86. The molecule has 0 radical (unpaired) electrons. The van der Waals surface area contributed by atoms with Crippen LogP contribution in [-0.4, -0.2) is 61.9 Å². The zero-order valence-corrected chi connectivity index (χ0v) is 36.0. The Bertz CT molecular complexity index is 1520. The van der Waals surface area contributed by atoms with Crippen LogP contribution in [0.5, 0.6) is 0 Å². The maximum Gasteiger partial charge on any atom is 1.00 e. The van der Waals surface area contributed by atoms with Crippen LogP contribution in [0.4, 0.5) is 0 Å². The first kappa shape index (κ1) is 51.1. The molecule has 3 aliphatic heterocycles. The first-order valence-electron chi connectivity index (χ1n) is 16.0. The first-order valence-corrected chi connectivity index (χ1v) is 16.3. The number of hydrogen-bond acceptors (Lipinski definition) is 7. The average Bonchev–Trinajstić information content (AvgIpc) is 3.17. The minimum Gasteiger partial charge on any atom is -0.870 e. The normalized spacial score (nSPS) is 12.2. The minimum atomic E-state index is 0. The Labute approximate surface area is 374 Å². The third kappa shape index (κ3) is 20.1. The van der Waals surface area contributed by atoms with Crippen molar-refractivity contribution in [3.63, 3.8) is 0 Å².